The van der Waals surface area contributed by atoms with Crippen LogP contribution in [-0.2, 0) is 28.6 Å². The number of nitrogens with zero attached hydrogens (tertiary/aromatic N) is 2. The van der Waals surface area contributed by atoms with Crippen LogP contribution in [0.1, 0.15) is 73.6 Å². The van der Waals surface area contributed by atoms with E-state index in [9.17, 15) is 19.5 Å². The van der Waals surface area contributed by atoms with E-state index in [2.05, 4.69) is 30.3 Å². The van der Waals surface area contributed by atoms with Gasteiger partial charge in [0.15, 0.2) is 0 Å². The van der Waals surface area contributed by atoms with E-state index >= 15 is 0 Å². The minimum atomic E-state index is -0.887. The van der Waals surface area contributed by atoms with E-state index in [1.165, 1.54) is 13.0 Å². The standard InChI is InChI=1S/C33H53N3O7/c1-22(8-11-27-20-33(6,40)21-28(43-27)19-32(39)36-16-14-35(7)15-17-36)9-12-30-23(2)18-29(25(4)42-30)34-31(38)13-10-24(3)41-26(5)37/h8-11,13,23-25,27-30,40H,12,14-21H2,1-7H3,(H,34,38)/b11-8+,13-10-,22-9+/t23-,24-,25+,27+,28+,29+,30-,33+/m0/s1. The number of carbonyl (C=O) groups is 3. The van der Waals surface area contributed by atoms with Gasteiger partial charge in [-0.25, -0.2) is 0 Å². The lowest BCUT2D eigenvalue weighted by Gasteiger charge is -2.39. The van der Waals surface area contributed by atoms with Gasteiger partial charge in [-0.1, -0.05) is 30.7 Å². The zero-order chi connectivity index (χ0) is 31.7. The van der Waals surface area contributed by atoms with Crippen LogP contribution in [0.15, 0.2) is 36.0 Å². The van der Waals surface area contributed by atoms with Gasteiger partial charge in [0, 0.05) is 52.0 Å². The summed E-state index contributed by atoms with van der Waals surface area (Å²) in [6, 6.07) is -0.107. The van der Waals surface area contributed by atoms with Crippen molar-refractivity contribution in [2.45, 2.75) is 116 Å². The predicted molar refractivity (Wildman–Crippen MR) is 165 cm³/mol. The normalized spacial score (nSPS) is 33.5. The summed E-state index contributed by atoms with van der Waals surface area (Å²) in [6.07, 6.45) is 10.7. The summed E-state index contributed by atoms with van der Waals surface area (Å²) >= 11 is 0. The Morgan fingerprint density at radius 1 is 1.09 bits per heavy atom. The van der Waals surface area contributed by atoms with Crippen LogP contribution >= 0.6 is 0 Å². The second-order valence-electron chi connectivity index (χ2n) is 13.0. The zero-order valence-corrected chi connectivity index (χ0v) is 27.1. The van der Waals surface area contributed by atoms with Gasteiger partial charge in [-0.3, -0.25) is 14.4 Å². The van der Waals surface area contributed by atoms with Gasteiger partial charge in [0.1, 0.15) is 6.10 Å². The van der Waals surface area contributed by atoms with Crippen molar-refractivity contribution in [3.63, 3.8) is 0 Å². The highest BCUT2D eigenvalue weighted by Gasteiger charge is 2.37. The molecule has 3 heterocycles. The predicted octanol–water partition coefficient (Wildman–Crippen LogP) is 3.15. The Labute approximate surface area is 257 Å². The summed E-state index contributed by atoms with van der Waals surface area (Å²) in [7, 11) is 2.07. The third-order valence-corrected chi connectivity index (χ3v) is 8.59. The van der Waals surface area contributed by atoms with E-state index < -0.39 is 11.7 Å². The van der Waals surface area contributed by atoms with E-state index in [-0.39, 0.29) is 54.2 Å². The number of nitrogens with one attached hydrogen (secondary N) is 1. The topological polar surface area (TPSA) is 118 Å². The Morgan fingerprint density at radius 2 is 1.79 bits per heavy atom. The highest BCUT2D eigenvalue weighted by Crippen LogP contribution is 2.32. The number of piperazine rings is 1. The average Bonchev–Trinajstić information content (AvgIpc) is 2.91. The number of esters is 1. The molecule has 3 aliphatic heterocycles. The maximum Gasteiger partial charge on any atom is 0.303 e. The van der Waals surface area contributed by atoms with Crippen molar-refractivity contribution in [1.82, 2.24) is 15.1 Å². The first-order valence-corrected chi connectivity index (χ1v) is 15.7. The third-order valence-electron chi connectivity index (χ3n) is 8.59. The summed E-state index contributed by atoms with van der Waals surface area (Å²) in [6.45, 7) is 14.2. The van der Waals surface area contributed by atoms with Gasteiger partial charge in [-0.2, -0.15) is 0 Å². The van der Waals surface area contributed by atoms with Gasteiger partial charge < -0.3 is 34.4 Å². The lowest BCUT2D eigenvalue weighted by atomic mass is 9.87. The lowest BCUT2D eigenvalue weighted by molar-refractivity contribution is -0.147. The number of hydrogen-bond donors (Lipinski definition) is 2. The third kappa shape index (κ3) is 11.8. The molecule has 2 N–H and O–H groups in total. The monoisotopic (exact) mass is 603 g/mol. The first kappa shape index (κ1) is 35.0. The highest BCUT2D eigenvalue weighted by atomic mass is 16.5. The Morgan fingerprint density at radius 3 is 2.47 bits per heavy atom. The molecule has 3 aliphatic rings. The van der Waals surface area contributed by atoms with Crippen molar-refractivity contribution in [3.8, 4) is 0 Å². The Kier molecular flexibility index (Phi) is 13.0. The SMILES string of the molecule is CC(=O)O[C@@H](C)/C=C\C(=O)N[C@@H]1C[C@H](C)[C@H](C/C=C(C)/C=C/[C@@H]2C[C@@](C)(O)C[C@@H](CC(=O)N3CCN(C)CC3)O2)O[C@@H]1C. The number of ether oxygens (including phenoxy) is 3. The largest absolute Gasteiger partial charge is 0.459 e. The summed E-state index contributed by atoms with van der Waals surface area (Å²) in [5.41, 5.74) is 0.187. The van der Waals surface area contributed by atoms with Crippen LogP contribution in [0.25, 0.3) is 0 Å². The second-order valence-corrected chi connectivity index (χ2v) is 13.0. The minimum absolute atomic E-state index is 0.0302. The van der Waals surface area contributed by atoms with Crippen molar-refractivity contribution >= 4 is 17.8 Å². The van der Waals surface area contributed by atoms with E-state index in [0.29, 0.717) is 19.3 Å². The van der Waals surface area contributed by atoms with Crippen LogP contribution in [0.4, 0.5) is 0 Å². The van der Waals surface area contributed by atoms with Crippen molar-refractivity contribution in [2.24, 2.45) is 5.92 Å². The van der Waals surface area contributed by atoms with Gasteiger partial charge in [0.2, 0.25) is 11.8 Å². The summed E-state index contributed by atoms with van der Waals surface area (Å²) in [5.74, 6) is -0.285. The number of likely N-dealkylation sites (N-methyl/N-ethyl adjacent to an activating group) is 1. The van der Waals surface area contributed by atoms with Gasteiger partial charge in [0.25, 0.3) is 0 Å². The highest BCUT2D eigenvalue weighted by molar-refractivity contribution is 5.87. The van der Waals surface area contributed by atoms with Crippen LogP contribution in [0.5, 0.6) is 0 Å². The molecule has 8 atom stereocenters. The molecule has 3 rings (SSSR count). The molecule has 0 bridgehead atoms. The zero-order valence-electron chi connectivity index (χ0n) is 27.1. The van der Waals surface area contributed by atoms with Crippen molar-refractivity contribution in [3.05, 3.63) is 36.0 Å². The minimum Gasteiger partial charge on any atom is -0.459 e. The smallest absolute Gasteiger partial charge is 0.303 e. The van der Waals surface area contributed by atoms with Gasteiger partial charge >= 0.3 is 5.97 Å². The maximum atomic E-state index is 12.9. The van der Waals surface area contributed by atoms with Crippen LogP contribution < -0.4 is 5.32 Å². The number of allylic oxidation sites excluding steroid dienone is 2. The van der Waals surface area contributed by atoms with Gasteiger partial charge in [0.05, 0.1) is 42.5 Å². The van der Waals surface area contributed by atoms with Crippen LogP contribution in [0, 0.1) is 5.92 Å². The number of aliphatic hydroxyl groups is 1. The fraction of sp³-hybridized carbons (Fsp3) is 0.727. The molecule has 0 aromatic rings. The molecular formula is C33H53N3O7. The molecule has 0 aromatic heterocycles. The molecule has 0 saturated carbocycles. The number of amides is 2. The van der Waals surface area contributed by atoms with Crippen molar-refractivity contribution < 1.29 is 33.7 Å². The van der Waals surface area contributed by atoms with E-state index in [0.717, 1.165) is 44.6 Å². The Bertz CT molecular complexity index is 1050. The molecule has 3 saturated heterocycles. The van der Waals surface area contributed by atoms with Crippen LogP contribution in [-0.4, -0.2) is 108 Å². The lowest BCUT2D eigenvalue weighted by Crippen LogP contribution is -2.50. The number of rotatable bonds is 10. The molecule has 3 fully saturated rings. The summed E-state index contributed by atoms with van der Waals surface area (Å²) in [4.78, 5) is 40.4. The molecule has 0 unspecified atom stereocenters. The summed E-state index contributed by atoms with van der Waals surface area (Å²) in [5, 5.41) is 13.9. The quantitative estimate of drug-likeness (QED) is 0.222. The fourth-order valence-corrected chi connectivity index (χ4v) is 6.06. The molecule has 10 heteroatoms. The average molecular weight is 604 g/mol. The number of carbonyl (C=O) groups excluding carboxylic acids is 3. The molecular weight excluding hydrogens is 550 g/mol. The Hall–Kier alpha value is -2.53. The summed E-state index contributed by atoms with van der Waals surface area (Å²) < 4.78 is 17.6. The van der Waals surface area contributed by atoms with E-state index in [4.69, 9.17) is 14.2 Å². The van der Waals surface area contributed by atoms with Crippen molar-refractivity contribution in [2.75, 3.05) is 33.2 Å². The van der Waals surface area contributed by atoms with Crippen LogP contribution in [0.2, 0.25) is 0 Å². The van der Waals surface area contributed by atoms with E-state index in [1.54, 1.807) is 13.0 Å². The molecule has 0 aliphatic carbocycles. The van der Waals surface area contributed by atoms with E-state index in [1.807, 2.05) is 37.8 Å². The fourth-order valence-electron chi connectivity index (χ4n) is 6.06. The van der Waals surface area contributed by atoms with Crippen LogP contribution in [0.3, 0.4) is 0 Å². The molecule has 0 aromatic carbocycles. The molecule has 43 heavy (non-hydrogen) atoms. The second kappa shape index (κ2) is 16.0. The molecule has 0 spiro atoms. The first-order chi connectivity index (χ1) is 20.2. The van der Waals surface area contributed by atoms with Gasteiger partial charge in [-0.15, -0.1) is 0 Å². The maximum absolute atomic E-state index is 12.9. The first-order valence-electron chi connectivity index (χ1n) is 15.7. The molecule has 10 nitrogen and oxygen atoms in total. The van der Waals surface area contributed by atoms with Gasteiger partial charge in [-0.05, 0) is 59.6 Å². The Balaban J connectivity index is 1.47. The van der Waals surface area contributed by atoms with Crippen molar-refractivity contribution in [1.29, 1.82) is 0 Å². The molecule has 2 amide bonds. The molecule has 0 radical (unpaired) electrons. The molecule has 242 valence electrons. The number of hydrogen-bond acceptors (Lipinski definition) is 8.